The van der Waals surface area contributed by atoms with E-state index in [1.54, 1.807) is 17.7 Å². The van der Waals surface area contributed by atoms with Crippen LogP contribution in [0.5, 0.6) is 0 Å². The minimum Gasteiger partial charge on any atom is -0.370 e. The van der Waals surface area contributed by atoms with Gasteiger partial charge in [-0.25, -0.2) is 0 Å². The number of nitrogens with one attached hydrogen (secondary N) is 1. The average Bonchev–Trinajstić information content (AvgIpc) is 2.90. The molecule has 2 rings (SSSR count). The van der Waals surface area contributed by atoms with Crippen LogP contribution in [0.3, 0.4) is 0 Å². The number of aromatic nitrogens is 3. The molecule has 0 aliphatic carbocycles. The molecule has 128 valence electrons. The van der Waals surface area contributed by atoms with E-state index in [2.05, 4.69) is 15.5 Å². The number of carbonyl (C=O) groups is 2. The molecule has 0 aliphatic rings. The molecule has 0 spiro atoms. The number of rotatable bonds is 8. The number of hydrogen-bond donors (Lipinski definition) is 2. The maximum atomic E-state index is 11.9. The molecule has 0 fully saturated rings. The molecule has 1 aromatic heterocycles. The third-order valence-electron chi connectivity index (χ3n) is 3.29. The van der Waals surface area contributed by atoms with Crippen molar-refractivity contribution in [2.45, 2.75) is 24.5 Å². The molecule has 2 aromatic rings. The largest absolute Gasteiger partial charge is 0.370 e. The van der Waals surface area contributed by atoms with Crippen LogP contribution in [0.25, 0.3) is 0 Å². The van der Waals surface area contributed by atoms with Gasteiger partial charge in [0.2, 0.25) is 11.8 Å². The maximum Gasteiger partial charge on any atom is 0.230 e. The van der Waals surface area contributed by atoms with E-state index in [0.29, 0.717) is 29.0 Å². The van der Waals surface area contributed by atoms with Gasteiger partial charge in [0.25, 0.3) is 0 Å². The van der Waals surface area contributed by atoms with Gasteiger partial charge in [0.1, 0.15) is 5.82 Å². The van der Waals surface area contributed by atoms with Crippen molar-refractivity contribution in [1.82, 2.24) is 20.1 Å². The van der Waals surface area contributed by atoms with Crippen molar-refractivity contribution in [3.8, 4) is 0 Å². The highest BCUT2D eigenvalue weighted by atomic mass is 35.5. The van der Waals surface area contributed by atoms with E-state index in [1.807, 2.05) is 18.2 Å². The monoisotopic (exact) mass is 367 g/mol. The van der Waals surface area contributed by atoms with Crippen LogP contribution < -0.4 is 11.1 Å². The summed E-state index contributed by atoms with van der Waals surface area (Å²) in [7, 11) is 1.79. The van der Waals surface area contributed by atoms with Gasteiger partial charge >= 0.3 is 0 Å². The highest BCUT2D eigenvalue weighted by Gasteiger charge is 2.12. The molecular weight excluding hydrogens is 350 g/mol. The van der Waals surface area contributed by atoms with Crippen molar-refractivity contribution >= 4 is 35.2 Å². The number of halogens is 1. The van der Waals surface area contributed by atoms with E-state index in [-0.39, 0.29) is 24.0 Å². The fourth-order valence-electron chi connectivity index (χ4n) is 1.94. The fourth-order valence-corrected chi connectivity index (χ4v) is 2.90. The predicted molar refractivity (Wildman–Crippen MR) is 92.5 cm³/mol. The number of thioether (sulfide) groups is 1. The van der Waals surface area contributed by atoms with E-state index in [0.717, 1.165) is 5.56 Å². The number of amides is 2. The van der Waals surface area contributed by atoms with E-state index in [9.17, 15) is 9.59 Å². The van der Waals surface area contributed by atoms with Gasteiger partial charge in [-0.3, -0.25) is 9.59 Å². The minimum atomic E-state index is -0.383. The zero-order valence-electron chi connectivity index (χ0n) is 13.2. The van der Waals surface area contributed by atoms with Crippen LogP contribution in [0.1, 0.15) is 17.8 Å². The molecule has 1 aromatic carbocycles. The summed E-state index contributed by atoms with van der Waals surface area (Å²) in [6.07, 6.45) is 0.646. The molecule has 2 amide bonds. The zero-order chi connectivity index (χ0) is 17.5. The normalized spacial score (nSPS) is 10.6. The number of benzene rings is 1. The number of hydrogen-bond acceptors (Lipinski definition) is 5. The Balaban J connectivity index is 1.81. The van der Waals surface area contributed by atoms with E-state index < -0.39 is 0 Å². The highest BCUT2D eigenvalue weighted by molar-refractivity contribution is 7.99. The standard InChI is InChI=1S/C15H18ClN5O2S/c1-21-13(7-6-12(17)22)19-20-15(21)24-9-14(23)18-8-10-4-2-3-5-11(10)16/h2-5H,6-9H2,1H3,(H2,17,22)(H,18,23). The molecule has 0 aliphatic heterocycles. The van der Waals surface area contributed by atoms with Gasteiger partial charge in [-0.15, -0.1) is 10.2 Å². The molecular formula is C15H18ClN5O2S. The van der Waals surface area contributed by atoms with Crippen molar-refractivity contribution in [2.75, 3.05) is 5.75 Å². The summed E-state index contributed by atoms with van der Waals surface area (Å²) in [4.78, 5) is 22.8. The van der Waals surface area contributed by atoms with Gasteiger partial charge in [0.05, 0.1) is 5.75 Å². The Hall–Kier alpha value is -2.06. The van der Waals surface area contributed by atoms with Crippen LogP contribution >= 0.6 is 23.4 Å². The van der Waals surface area contributed by atoms with Gasteiger partial charge < -0.3 is 15.6 Å². The SMILES string of the molecule is Cn1c(CCC(N)=O)nnc1SCC(=O)NCc1ccccc1Cl. The van der Waals surface area contributed by atoms with Crippen LogP contribution in [-0.4, -0.2) is 32.3 Å². The lowest BCUT2D eigenvalue weighted by Gasteiger charge is -2.07. The summed E-state index contributed by atoms with van der Waals surface area (Å²) in [5.74, 6) is 0.368. The fraction of sp³-hybridized carbons (Fsp3) is 0.333. The maximum absolute atomic E-state index is 11.9. The van der Waals surface area contributed by atoms with Crippen molar-refractivity contribution < 1.29 is 9.59 Å². The number of primary amides is 1. The summed E-state index contributed by atoms with van der Waals surface area (Å²) in [6, 6.07) is 7.36. The molecule has 7 nitrogen and oxygen atoms in total. The molecule has 0 atom stereocenters. The summed E-state index contributed by atoms with van der Waals surface area (Å²) in [5, 5.41) is 12.1. The molecule has 0 radical (unpaired) electrons. The lowest BCUT2D eigenvalue weighted by atomic mass is 10.2. The van der Waals surface area contributed by atoms with Crippen LogP contribution in [0.2, 0.25) is 5.02 Å². The summed E-state index contributed by atoms with van der Waals surface area (Å²) in [5.41, 5.74) is 5.99. The van der Waals surface area contributed by atoms with E-state index >= 15 is 0 Å². The van der Waals surface area contributed by atoms with Crippen LogP contribution in [0, 0.1) is 0 Å². The number of nitrogens with zero attached hydrogens (tertiary/aromatic N) is 3. The third kappa shape index (κ3) is 5.24. The Kier molecular flexibility index (Phi) is 6.62. The predicted octanol–water partition coefficient (Wildman–Crippen LogP) is 1.29. The molecule has 0 unspecified atom stereocenters. The van der Waals surface area contributed by atoms with Gasteiger partial charge in [0.15, 0.2) is 5.16 Å². The first-order valence-electron chi connectivity index (χ1n) is 7.27. The Morgan fingerprint density at radius 1 is 1.33 bits per heavy atom. The van der Waals surface area contributed by atoms with Crippen molar-refractivity contribution in [3.63, 3.8) is 0 Å². The third-order valence-corrected chi connectivity index (χ3v) is 4.68. The van der Waals surface area contributed by atoms with E-state index in [1.165, 1.54) is 11.8 Å². The van der Waals surface area contributed by atoms with Crippen LogP contribution in [0.4, 0.5) is 0 Å². The first-order valence-corrected chi connectivity index (χ1v) is 8.63. The summed E-state index contributed by atoms with van der Waals surface area (Å²) < 4.78 is 1.76. The lowest BCUT2D eigenvalue weighted by Crippen LogP contribution is -2.24. The van der Waals surface area contributed by atoms with E-state index in [4.69, 9.17) is 17.3 Å². The van der Waals surface area contributed by atoms with Gasteiger partial charge in [-0.05, 0) is 11.6 Å². The van der Waals surface area contributed by atoms with Gasteiger partial charge in [-0.1, -0.05) is 41.6 Å². The second-order valence-corrected chi connectivity index (χ2v) is 6.43. The van der Waals surface area contributed by atoms with Crippen LogP contribution in [-0.2, 0) is 29.6 Å². The van der Waals surface area contributed by atoms with Gasteiger partial charge in [-0.2, -0.15) is 0 Å². The molecule has 0 saturated heterocycles. The minimum absolute atomic E-state index is 0.124. The first-order chi connectivity index (χ1) is 11.5. The summed E-state index contributed by atoms with van der Waals surface area (Å²) >= 11 is 7.32. The molecule has 1 heterocycles. The Morgan fingerprint density at radius 2 is 2.08 bits per heavy atom. The van der Waals surface area contributed by atoms with Crippen LogP contribution in [0.15, 0.2) is 29.4 Å². The molecule has 24 heavy (non-hydrogen) atoms. The second kappa shape index (κ2) is 8.70. The molecule has 9 heteroatoms. The second-order valence-electron chi connectivity index (χ2n) is 5.08. The topological polar surface area (TPSA) is 103 Å². The van der Waals surface area contributed by atoms with Crippen molar-refractivity contribution in [2.24, 2.45) is 12.8 Å². The molecule has 3 N–H and O–H groups in total. The Labute approximate surface area is 149 Å². The Bertz CT molecular complexity index is 734. The smallest absolute Gasteiger partial charge is 0.230 e. The average molecular weight is 368 g/mol. The quantitative estimate of drug-likeness (QED) is 0.684. The molecule has 0 bridgehead atoms. The van der Waals surface area contributed by atoms with Crippen molar-refractivity contribution in [3.05, 3.63) is 40.7 Å². The highest BCUT2D eigenvalue weighted by Crippen LogP contribution is 2.17. The Morgan fingerprint density at radius 3 is 2.79 bits per heavy atom. The molecule has 0 saturated carbocycles. The number of nitrogens with two attached hydrogens (primary N) is 1. The lowest BCUT2D eigenvalue weighted by molar-refractivity contribution is -0.119. The first kappa shape index (κ1) is 18.3. The summed E-state index contributed by atoms with van der Waals surface area (Å²) in [6.45, 7) is 0.377. The number of aryl methyl sites for hydroxylation is 1. The van der Waals surface area contributed by atoms with Gasteiger partial charge in [0, 0.05) is 31.5 Å². The van der Waals surface area contributed by atoms with Crippen molar-refractivity contribution in [1.29, 1.82) is 0 Å². The number of carbonyl (C=O) groups excluding carboxylic acids is 2. The zero-order valence-corrected chi connectivity index (χ0v) is 14.7.